The zero-order valence-corrected chi connectivity index (χ0v) is 11.2. The highest BCUT2D eigenvalue weighted by molar-refractivity contribution is 5.10. The first-order chi connectivity index (χ1) is 8.50. The molecule has 0 fully saturated rings. The minimum atomic E-state index is 1.24. The summed E-state index contributed by atoms with van der Waals surface area (Å²) in [7, 11) is 0. The second-order valence-electron chi connectivity index (χ2n) is 5.00. The quantitative estimate of drug-likeness (QED) is 0.483. The van der Waals surface area contributed by atoms with E-state index in [4.69, 9.17) is 0 Å². The molecule has 1 aliphatic rings. The van der Waals surface area contributed by atoms with E-state index in [9.17, 15) is 0 Å². The molecule has 0 spiro atoms. The zero-order valence-electron chi connectivity index (χ0n) is 11.2. The van der Waals surface area contributed by atoms with Crippen molar-refractivity contribution >= 4 is 0 Å². The maximum atomic E-state index is 2.29. The van der Waals surface area contributed by atoms with Crippen molar-refractivity contribution < 1.29 is 0 Å². The Morgan fingerprint density at radius 1 is 0.353 bits per heavy atom. The minimum absolute atomic E-state index is 1.24. The summed E-state index contributed by atoms with van der Waals surface area (Å²) in [6.45, 7) is 0. The van der Waals surface area contributed by atoms with Crippen LogP contribution in [0, 0.1) is 0 Å². The van der Waals surface area contributed by atoms with Gasteiger partial charge in [0.25, 0.3) is 0 Å². The molecule has 0 atom stereocenters. The van der Waals surface area contributed by atoms with Gasteiger partial charge in [-0.25, -0.2) is 0 Å². The molecule has 0 saturated heterocycles. The molecule has 1 aliphatic carbocycles. The highest BCUT2D eigenvalue weighted by Gasteiger charge is 1.92. The highest BCUT2D eigenvalue weighted by atomic mass is 14.0. The largest absolute Gasteiger partial charge is 0.0845 e. The van der Waals surface area contributed by atoms with Gasteiger partial charge in [0.1, 0.15) is 0 Å². The Morgan fingerprint density at radius 2 is 0.706 bits per heavy atom. The van der Waals surface area contributed by atoms with Crippen LogP contribution in [0.3, 0.4) is 0 Å². The van der Waals surface area contributed by atoms with Gasteiger partial charge in [-0.3, -0.25) is 0 Å². The average molecular weight is 232 g/mol. The Kier molecular flexibility index (Phi) is 9.83. The minimum Gasteiger partial charge on any atom is -0.0845 e. The van der Waals surface area contributed by atoms with Crippen molar-refractivity contribution in [2.75, 3.05) is 0 Å². The summed E-state index contributed by atoms with van der Waals surface area (Å²) in [5.41, 5.74) is 0. The van der Waals surface area contributed by atoms with Crippen LogP contribution in [0.1, 0.15) is 70.6 Å². The van der Waals surface area contributed by atoms with Gasteiger partial charge in [0, 0.05) is 0 Å². The molecule has 0 N–H and O–H groups in total. The van der Waals surface area contributed by atoms with E-state index in [1.807, 2.05) is 0 Å². The highest BCUT2D eigenvalue weighted by Crippen LogP contribution is 2.11. The van der Waals surface area contributed by atoms with Crippen molar-refractivity contribution in [1.82, 2.24) is 0 Å². The molecule has 0 heteroatoms. The zero-order chi connectivity index (χ0) is 12.0. The Balaban J connectivity index is 2.22. The van der Waals surface area contributed by atoms with Gasteiger partial charge in [-0.15, -0.1) is 0 Å². The Labute approximate surface area is 108 Å². The normalized spacial score (nSPS) is 24.9. The van der Waals surface area contributed by atoms with Crippen LogP contribution in [0.15, 0.2) is 36.5 Å². The summed E-state index contributed by atoms with van der Waals surface area (Å²) in [5, 5.41) is 0. The van der Waals surface area contributed by atoms with E-state index in [2.05, 4.69) is 36.5 Å². The van der Waals surface area contributed by atoms with Gasteiger partial charge in [0.05, 0.1) is 0 Å². The van der Waals surface area contributed by atoms with Gasteiger partial charge in [-0.2, -0.15) is 0 Å². The van der Waals surface area contributed by atoms with Gasteiger partial charge in [-0.1, -0.05) is 81.4 Å². The van der Waals surface area contributed by atoms with E-state index in [1.54, 1.807) is 0 Å². The molecule has 0 amide bonds. The topological polar surface area (TPSA) is 0 Å². The molecular formula is C17H28. The molecule has 0 aromatic carbocycles. The molecule has 0 nitrogen and oxygen atoms in total. The third kappa shape index (κ3) is 10.1. The fraction of sp³-hybridized carbons (Fsp3) is 0.647. The lowest BCUT2D eigenvalue weighted by atomic mass is 10.1. The summed E-state index contributed by atoms with van der Waals surface area (Å²) in [6, 6.07) is 0. The fourth-order valence-corrected chi connectivity index (χ4v) is 2.24. The lowest BCUT2D eigenvalue weighted by molar-refractivity contribution is 0.561. The Morgan fingerprint density at radius 3 is 1.12 bits per heavy atom. The van der Waals surface area contributed by atoms with Crippen molar-refractivity contribution in [3.05, 3.63) is 36.5 Å². The molecule has 0 heterocycles. The van der Waals surface area contributed by atoms with Crippen LogP contribution in [0.4, 0.5) is 0 Å². The number of hydrogen-bond acceptors (Lipinski definition) is 0. The van der Waals surface area contributed by atoms with Crippen LogP contribution in [-0.2, 0) is 0 Å². The van der Waals surface area contributed by atoms with Crippen molar-refractivity contribution in [3.8, 4) is 0 Å². The van der Waals surface area contributed by atoms with Gasteiger partial charge in [-0.05, 0) is 25.7 Å². The van der Waals surface area contributed by atoms with Crippen LogP contribution < -0.4 is 0 Å². The monoisotopic (exact) mass is 232 g/mol. The molecule has 0 saturated carbocycles. The van der Waals surface area contributed by atoms with E-state index in [-0.39, 0.29) is 0 Å². The van der Waals surface area contributed by atoms with Crippen molar-refractivity contribution in [1.29, 1.82) is 0 Å². The second kappa shape index (κ2) is 11.7. The first kappa shape index (κ1) is 14.3. The van der Waals surface area contributed by atoms with Gasteiger partial charge in [0.15, 0.2) is 0 Å². The predicted molar refractivity (Wildman–Crippen MR) is 78.2 cm³/mol. The molecule has 17 heavy (non-hydrogen) atoms. The first-order valence-electron chi connectivity index (χ1n) is 7.48. The summed E-state index contributed by atoms with van der Waals surface area (Å²) >= 11 is 0. The average Bonchev–Trinajstić information content (AvgIpc) is 2.35. The molecular weight excluding hydrogens is 204 g/mol. The molecule has 0 aliphatic heterocycles. The van der Waals surface area contributed by atoms with Crippen LogP contribution >= 0.6 is 0 Å². The summed E-state index contributed by atoms with van der Waals surface area (Å²) < 4.78 is 0. The standard InChI is InChI=1S/C17H28/c1-2-4-6-8-10-12-14-16-17-15-13-11-9-7-5-3-1/h1-6H,7-17H2/b2-1+,5-3-,6-4?. The van der Waals surface area contributed by atoms with Crippen LogP contribution in [0.5, 0.6) is 0 Å². The van der Waals surface area contributed by atoms with Crippen LogP contribution in [0.25, 0.3) is 0 Å². The second-order valence-corrected chi connectivity index (χ2v) is 5.00. The summed E-state index contributed by atoms with van der Waals surface area (Å²) in [6.07, 6.45) is 28.5. The van der Waals surface area contributed by atoms with Gasteiger partial charge in [0.2, 0.25) is 0 Å². The van der Waals surface area contributed by atoms with Crippen LogP contribution in [-0.4, -0.2) is 0 Å². The molecule has 96 valence electrons. The third-order valence-electron chi connectivity index (χ3n) is 3.35. The summed E-state index contributed by atoms with van der Waals surface area (Å²) in [4.78, 5) is 0. The van der Waals surface area contributed by atoms with Gasteiger partial charge >= 0.3 is 0 Å². The Hall–Kier alpha value is -0.780. The third-order valence-corrected chi connectivity index (χ3v) is 3.35. The molecule has 0 radical (unpaired) electrons. The number of allylic oxidation sites excluding steroid dienone is 6. The van der Waals surface area contributed by atoms with Gasteiger partial charge < -0.3 is 0 Å². The van der Waals surface area contributed by atoms with Crippen molar-refractivity contribution in [2.45, 2.75) is 70.6 Å². The predicted octanol–water partition coefficient (Wildman–Crippen LogP) is 5.96. The SMILES string of the molecule is C1=CCCCCCCCCCCC/C=C\C=C\1. The molecule has 0 aromatic rings. The number of hydrogen-bond donors (Lipinski definition) is 0. The lowest BCUT2D eigenvalue weighted by Crippen LogP contribution is -1.81. The smallest absolute Gasteiger partial charge is 0.0348 e. The number of rotatable bonds is 0. The maximum Gasteiger partial charge on any atom is -0.0348 e. The first-order valence-corrected chi connectivity index (χ1v) is 7.48. The van der Waals surface area contributed by atoms with E-state index >= 15 is 0 Å². The van der Waals surface area contributed by atoms with E-state index in [1.165, 1.54) is 70.6 Å². The van der Waals surface area contributed by atoms with Crippen molar-refractivity contribution in [2.24, 2.45) is 0 Å². The van der Waals surface area contributed by atoms with Crippen LogP contribution in [0.2, 0.25) is 0 Å². The Bertz CT molecular complexity index is 208. The molecule has 1 rings (SSSR count). The lowest BCUT2D eigenvalue weighted by Gasteiger charge is -2.01. The van der Waals surface area contributed by atoms with E-state index < -0.39 is 0 Å². The summed E-state index contributed by atoms with van der Waals surface area (Å²) in [5.74, 6) is 0. The maximum absolute atomic E-state index is 2.29. The molecule has 0 aromatic heterocycles. The van der Waals surface area contributed by atoms with Crippen molar-refractivity contribution in [3.63, 3.8) is 0 Å². The fourth-order valence-electron chi connectivity index (χ4n) is 2.24. The molecule has 0 bridgehead atoms. The van der Waals surface area contributed by atoms with E-state index in [0.29, 0.717) is 0 Å². The molecule has 0 unspecified atom stereocenters. The van der Waals surface area contributed by atoms with E-state index in [0.717, 1.165) is 0 Å².